The molecule has 10 heteroatoms. The van der Waals surface area contributed by atoms with Gasteiger partial charge < -0.3 is 4.90 Å². The fraction of sp³-hybridized carbons (Fsp3) is 0.455. The summed E-state index contributed by atoms with van der Waals surface area (Å²) in [6, 6.07) is 10.5. The van der Waals surface area contributed by atoms with Crippen molar-refractivity contribution >= 4 is 17.5 Å². The SMILES string of the molecule is O=C(CCC(=O)N1CCC(c2ccccc2)=N1)N1CCC(n2ccc(C(F)(F)F)n2)CC1. The van der Waals surface area contributed by atoms with E-state index in [0.717, 1.165) is 17.3 Å². The average Bonchev–Trinajstić information content (AvgIpc) is 3.48. The fourth-order valence-electron chi connectivity index (χ4n) is 4.04. The molecule has 7 nitrogen and oxygen atoms in total. The lowest BCUT2D eigenvalue weighted by Gasteiger charge is -2.32. The monoisotopic (exact) mass is 447 g/mol. The van der Waals surface area contributed by atoms with Crippen molar-refractivity contribution < 1.29 is 22.8 Å². The van der Waals surface area contributed by atoms with E-state index in [2.05, 4.69) is 10.2 Å². The first-order valence-corrected chi connectivity index (χ1v) is 10.6. The highest BCUT2D eigenvalue weighted by molar-refractivity contribution is 6.02. The minimum absolute atomic E-state index is 0.0818. The Morgan fingerprint density at radius 2 is 1.66 bits per heavy atom. The first-order valence-electron chi connectivity index (χ1n) is 10.6. The third kappa shape index (κ3) is 5.00. The van der Waals surface area contributed by atoms with Gasteiger partial charge in [0.25, 0.3) is 0 Å². The van der Waals surface area contributed by atoms with Gasteiger partial charge in [-0.3, -0.25) is 14.3 Å². The lowest BCUT2D eigenvalue weighted by molar-refractivity contribution is -0.141. The number of carbonyl (C=O) groups excluding carboxylic acids is 2. The summed E-state index contributed by atoms with van der Waals surface area (Å²) in [7, 11) is 0. The molecule has 4 rings (SSSR count). The fourth-order valence-corrected chi connectivity index (χ4v) is 4.04. The van der Waals surface area contributed by atoms with Gasteiger partial charge in [-0.05, 0) is 24.5 Å². The van der Waals surface area contributed by atoms with Gasteiger partial charge in [0.15, 0.2) is 5.69 Å². The van der Waals surface area contributed by atoms with Crippen molar-refractivity contribution in [3.63, 3.8) is 0 Å². The maximum absolute atomic E-state index is 12.7. The van der Waals surface area contributed by atoms with Crippen LogP contribution in [-0.2, 0) is 15.8 Å². The van der Waals surface area contributed by atoms with Crippen molar-refractivity contribution in [2.24, 2.45) is 5.10 Å². The van der Waals surface area contributed by atoms with Gasteiger partial charge >= 0.3 is 6.18 Å². The lowest BCUT2D eigenvalue weighted by atomic mass is 10.0. The van der Waals surface area contributed by atoms with E-state index in [0.29, 0.717) is 38.9 Å². The Morgan fingerprint density at radius 1 is 0.969 bits per heavy atom. The van der Waals surface area contributed by atoms with Gasteiger partial charge in [0, 0.05) is 38.5 Å². The molecule has 2 aromatic rings. The summed E-state index contributed by atoms with van der Waals surface area (Å²) in [5.41, 5.74) is 0.940. The number of piperidine rings is 1. The number of nitrogens with zero attached hydrogens (tertiary/aromatic N) is 5. The number of hydrogen-bond acceptors (Lipinski definition) is 4. The molecule has 0 bridgehead atoms. The number of benzene rings is 1. The van der Waals surface area contributed by atoms with Crippen LogP contribution in [0.15, 0.2) is 47.7 Å². The summed E-state index contributed by atoms with van der Waals surface area (Å²) in [6.07, 6.45) is -1.22. The first kappa shape index (κ1) is 22.0. The van der Waals surface area contributed by atoms with Gasteiger partial charge in [0.05, 0.1) is 18.3 Å². The second kappa shape index (κ2) is 9.13. The van der Waals surface area contributed by atoms with Gasteiger partial charge in [-0.15, -0.1) is 0 Å². The van der Waals surface area contributed by atoms with Gasteiger partial charge in [0.2, 0.25) is 11.8 Å². The summed E-state index contributed by atoms with van der Waals surface area (Å²) in [5, 5.41) is 9.46. The number of hydrogen-bond donors (Lipinski definition) is 0. The van der Waals surface area contributed by atoms with E-state index in [4.69, 9.17) is 0 Å². The second-order valence-corrected chi connectivity index (χ2v) is 7.97. The summed E-state index contributed by atoms with van der Waals surface area (Å²) in [4.78, 5) is 26.7. The molecule has 0 atom stereocenters. The van der Waals surface area contributed by atoms with Crippen molar-refractivity contribution in [3.8, 4) is 0 Å². The van der Waals surface area contributed by atoms with Crippen LogP contribution in [0.25, 0.3) is 0 Å². The number of amides is 2. The highest BCUT2D eigenvalue weighted by atomic mass is 19.4. The normalized spacial score (nSPS) is 17.5. The molecule has 32 heavy (non-hydrogen) atoms. The maximum atomic E-state index is 12.7. The summed E-state index contributed by atoms with van der Waals surface area (Å²) >= 11 is 0. The molecular weight excluding hydrogens is 423 g/mol. The molecule has 1 saturated heterocycles. The summed E-state index contributed by atoms with van der Waals surface area (Å²) < 4.78 is 39.6. The smallest absolute Gasteiger partial charge is 0.343 e. The van der Waals surface area contributed by atoms with Crippen LogP contribution in [-0.4, -0.2) is 56.8 Å². The minimum atomic E-state index is -4.46. The Kier molecular flexibility index (Phi) is 6.29. The molecular formula is C22H24F3N5O2. The van der Waals surface area contributed by atoms with Crippen LogP contribution in [0.3, 0.4) is 0 Å². The zero-order chi connectivity index (χ0) is 22.7. The predicted molar refractivity (Wildman–Crippen MR) is 111 cm³/mol. The quantitative estimate of drug-likeness (QED) is 0.705. The van der Waals surface area contributed by atoms with Crippen molar-refractivity contribution in [3.05, 3.63) is 53.9 Å². The molecule has 0 spiro atoms. The summed E-state index contributed by atoms with van der Waals surface area (Å²) in [6.45, 7) is 1.37. The van der Waals surface area contributed by atoms with Crippen molar-refractivity contribution in [1.82, 2.24) is 19.7 Å². The molecule has 0 unspecified atom stereocenters. The number of hydrazone groups is 1. The molecule has 0 radical (unpaired) electrons. The van der Waals surface area contributed by atoms with Gasteiger partial charge in [0.1, 0.15) is 0 Å². The van der Waals surface area contributed by atoms with E-state index in [9.17, 15) is 22.8 Å². The lowest BCUT2D eigenvalue weighted by Crippen LogP contribution is -2.39. The highest BCUT2D eigenvalue weighted by Gasteiger charge is 2.34. The molecule has 1 aromatic carbocycles. The van der Waals surface area contributed by atoms with E-state index in [1.165, 1.54) is 15.9 Å². The third-order valence-corrected chi connectivity index (χ3v) is 5.84. The van der Waals surface area contributed by atoms with Crippen LogP contribution in [0.4, 0.5) is 13.2 Å². The number of carbonyl (C=O) groups is 2. The van der Waals surface area contributed by atoms with Crippen LogP contribution in [0.2, 0.25) is 0 Å². The first-order chi connectivity index (χ1) is 15.3. The number of rotatable bonds is 5. The van der Waals surface area contributed by atoms with E-state index >= 15 is 0 Å². The predicted octanol–water partition coefficient (Wildman–Crippen LogP) is 3.48. The molecule has 3 heterocycles. The van der Waals surface area contributed by atoms with Crippen molar-refractivity contribution in [2.45, 2.75) is 44.3 Å². The van der Waals surface area contributed by atoms with Crippen molar-refractivity contribution in [2.75, 3.05) is 19.6 Å². The van der Waals surface area contributed by atoms with E-state index in [1.54, 1.807) is 4.90 Å². The Morgan fingerprint density at radius 3 is 2.31 bits per heavy atom. The third-order valence-electron chi connectivity index (χ3n) is 5.84. The van der Waals surface area contributed by atoms with Gasteiger partial charge in [-0.25, -0.2) is 5.01 Å². The minimum Gasteiger partial charge on any atom is -0.343 e. The standard InChI is InChI=1S/C22H24F3N5O2/c23-22(24,25)19-11-15-29(27-19)17-8-12-28(13-9-17)20(31)6-7-21(32)30-14-10-18(26-30)16-4-2-1-3-5-16/h1-5,11,15,17H,6-10,12-14H2. The van der Waals surface area contributed by atoms with E-state index in [1.807, 2.05) is 30.3 Å². The van der Waals surface area contributed by atoms with Crippen molar-refractivity contribution in [1.29, 1.82) is 0 Å². The van der Waals surface area contributed by atoms with Gasteiger partial charge in [-0.1, -0.05) is 30.3 Å². The number of likely N-dealkylation sites (tertiary alicyclic amines) is 1. The highest BCUT2D eigenvalue weighted by Crippen LogP contribution is 2.29. The average molecular weight is 447 g/mol. The van der Waals surface area contributed by atoms with Crippen LogP contribution in [0, 0.1) is 0 Å². The largest absolute Gasteiger partial charge is 0.435 e. The van der Waals surface area contributed by atoms with Crippen LogP contribution in [0.1, 0.15) is 49.4 Å². The van der Waals surface area contributed by atoms with Gasteiger partial charge in [-0.2, -0.15) is 23.4 Å². The Balaban J connectivity index is 1.24. The van der Waals surface area contributed by atoms with Crippen LogP contribution >= 0.6 is 0 Å². The molecule has 0 saturated carbocycles. The molecule has 2 aliphatic rings. The number of aromatic nitrogens is 2. The molecule has 2 aliphatic heterocycles. The van der Waals surface area contributed by atoms with E-state index < -0.39 is 11.9 Å². The Hall–Kier alpha value is -3.17. The number of halogens is 3. The Bertz CT molecular complexity index is 994. The maximum Gasteiger partial charge on any atom is 0.435 e. The molecule has 170 valence electrons. The van der Waals surface area contributed by atoms with E-state index in [-0.39, 0.29) is 30.7 Å². The summed E-state index contributed by atoms with van der Waals surface area (Å²) in [5.74, 6) is -0.310. The topological polar surface area (TPSA) is 70.8 Å². The zero-order valence-corrected chi connectivity index (χ0v) is 17.5. The molecule has 0 N–H and O–H groups in total. The van der Waals surface area contributed by atoms with Crippen LogP contribution < -0.4 is 0 Å². The Labute approximate surface area is 183 Å². The van der Waals surface area contributed by atoms with Crippen LogP contribution in [0.5, 0.6) is 0 Å². The molecule has 1 aromatic heterocycles. The zero-order valence-electron chi connectivity index (χ0n) is 17.5. The molecule has 0 aliphatic carbocycles. The molecule has 2 amide bonds. The molecule has 1 fully saturated rings. The number of alkyl halides is 3. The second-order valence-electron chi connectivity index (χ2n) is 7.97.